The Morgan fingerprint density at radius 1 is 1.54 bits per heavy atom. The zero-order valence-electron chi connectivity index (χ0n) is 14.7. The number of nitrogens with zero attached hydrogens (tertiary/aromatic N) is 4. The Balaban J connectivity index is 2.63. The van der Waals surface area contributed by atoms with Gasteiger partial charge >= 0.3 is 17.8 Å². The van der Waals surface area contributed by atoms with Crippen molar-refractivity contribution in [3.05, 3.63) is 0 Å². The van der Waals surface area contributed by atoms with Crippen molar-refractivity contribution in [1.82, 2.24) is 15.5 Å². The molecule has 0 aliphatic carbocycles. The minimum absolute atomic E-state index is 0.0604. The molecule has 26 heavy (non-hydrogen) atoms. The molecule has 0 bridgehead atoms. The number of nitrogens with one attached hydrogen (secondary N) is 1. The van der Waals surface area contributed by atoms with Crippen LogP contribution in [0.15, 0.2) is 5.16 Å². The van der Waals surface area contributed by atoms with E-state index in [9.17, 15) is 9.59 Å². The quantitative estimate of drug-likeness (QED) is 0.215. The molecule has 3 N–H and O–H groups in total. The van der Waals surface area contributed by atoms with Crippen LogP contribution in [0.1, 0.15) is 6.92 Å². The lowest BCUT2D eigenvalue weighted by atomic mass is 10.3. The van der Waals surface area contributed by atoms with Crippen LogP contribution in [0, 0.1) is 11.3 Å². The fourth-order valence-electron chi connectivity index (χ4n) is 1.84. The van der Waals surface area contributed by atoms with Gasteiger partial charge in [0.2, 0.25) is 12.3 Å². The molecule has 13 heteroatoms. The van der Waals surface area contributed by atoms with Crippen LogP contribution in [0.5, 0.6) is 0 Å². The van der Waals surface area contributed by atoms with E-state index in [0.717, 1.165) is 0 Å². The molecule has 0 aromatic rings. The highest BCUT2D eigenvalue weighted by Crippen LogP contribution is 2.10. The lowest BCUT2D eigenvalue weighted by Crippen LogP contribution is -2.52. The van der Waals surface area contributed by atoms with E-state index in [0.29, 0.717) is 13.2 Å². The highest BCUT2D eigenvalue weighted by molar-refractivity contribution is 6.32. The molecule has 1 aliphatic rings. The van der Waals surface area contributed by atoms with Crippen LogP contribution in [0.25, 0.3) is 0 Å². The lowest BCUT2D eigenvalue weighted by molar-refractivity contribution is -0.206. The zero-order chi connectivity index (χ0) is 19.5. The van der Waals surface area contributed by atoms with Crippen molar-refractivity contribution in [2.24, 2.45) is 11.1 Å². The summed E-state index contributed by atoms with van der Waals surface area (Å²) < 4.78 is 9.91. The molecule has 13 nitrogen and oxygen atoms in total. The summed E-state index contributed by atoms with van der Waals surface area (Å²) in [5.74, 6) is 2.13. The van der Waals surface area contributed by atoms with Crippen molar-refractivity contribution in [2.45, 2.75) is 19.2 Å². The second kappa shape index (κ2) is 11.2. The standard InChI is InChI=1S/C13H22N6O7/c1-4-23-12(20)9(7-14)16-26-13(21)11(24-15)17-25-10-8-22-6-5-19(10)18(2)3/h9-10,16H,4-6,8,15H2,1-3H3. The minimum Gasteiger partial charge on any atom is -0.464 e. The van der Waals surface area contributed by atoms with Gasteiger partial charge in [-0.3, -0.25) is 0 Å². The van der Waals surface area contributed by atoms with Crippen molar-refractivity contribution in [3.63, 3.8) is 0 Å². The molecule has 0 aromatic heterocycles. The van der Waals surface area contributed by atoms with Crippen LogP contribution in [-0.4, -0.2) is 80.6 Å². The van der Waals surface area contributed by atoms with Crippen molar-refractivity contribution in [2.75, 3.05) is 40.5 Å². The number of carbonyl (C=O) groups excluding carboxylic acids is 2. The molecule has 1 saturated heterocycles. The molecule has 0 spiro atoms. The summed E-state index contributed by atoms with van der Waals surface area (Å²) >= 11 is 0. The molecule has 0 aromatic carbocycles. The second-order valence-corrected chi connectivity index (χ2v) is 4.98. The Labute approximate surface area is 150 Å². The van der Waals surface area contributed by atoms with Gasteiger partial charge in [0.1, 0.15) is 6.61 Å². The minimum atomic E-state index is -1.52. The van der Waals surface area contributed by atoms with Crippen LogP contribution < -0.4 is 11.4 Å². The van der Waals surface area contributed by atoms with Crippen LogP contribution in [0.3, 0.4) is 0 Å². The van der Waals surface area contributed by atoms with Gasteiger partial charge < -0.3 is 24.0 Å². The first-order chi connectivity index (χ1) is 12.4. The molecule has 2 atom stereocenters. The number of esters is 1. The van der Waals surface area contributed by atoms with Gasteiger partial charge in [0.05, 0.1) is 19.3 Å². The first-order valence-electron chi connectivity index (χ1n) is 7.59. The van der Waals surface area contributed by atoms with Gasteiger partial charge in [-0.15, -0.1) is 5.48 Å². The molecule has 2 unspecified atom stereocenters. The summed E-state index contributed by atoms with van der Waals surface area (Å²) in [4.78, 5) is 37.3. The fourth-order valence-corrected chi connectivity index (χ4v) is 1.84. The maximum absolute atomic E-state index is 11.8. The zero-order valence-corrected chi connectivity index (χ0v) is 14.7. The summed E-state index contributed by atoms with van der Waals surface area (Å²) in [7, 11) is 3.61. The molecule has 1 aliphatic heterocycles. The van der Waals surface area contributed by atoms with Gasteiger partial charge in [-0.05, 0) is 12.1 Å². The van der Waals surface area contributed by atoms with Gasteiger partial charge in [-0.2, -0.15) is 16.2 Å². The third-order valence-electron chi connectivity index (χ3n) is 3.04. The number of rotatable bonds is 7. The second-order valence-electron chi connectivity index (χ2n) is 4.98. The summed E-state index contributed by atoms with van der Waals surface area (Å²) in [5.41, 5.74) is 1.93. The maximum atomic E-state index is 11.8. The molecule has 1 heterocycles. The van der Waals surface area contributed by atoms with Crippen LogP contribution in [0.4, 0.5) is 0 Å². The third-order valence-corrected chi connectivity index (χ3v) is 3.04. The van der Waals surface area contributed by atoms with Crippen molar-refractivity contribution in [3.8, 4) is 6.07 Å². The molecule has 0 saturated carbocycles. The average Bonchev–Trinajstić information content (AvgIpc) is 2.63. The van der Waals surface area contributed by atoms with E-state index in [1.54, 1.807) is 37.1 Å². The predicted octanol–water partition coefficient (Wildman–Crippen LogP) is -2.16. The van der Waals surface area contributed by atoms with Crippen molar-refractivity contribution < 1.29 is 33.6 Å². The van der Waals surface area contributed by atoms with Crippen LogP contribution >= 0.6 is 0 Å². The van der Waals surface area contributed by atoms with Crippen molar-refractivity contribution >= 4 is 17.8 Å². The number of hydrazine groups is 1. The summed E-state index contributed by atoms with van der Waals surface area (Å²) in [5, 5.41) is 15.9. The Kier molecular flexibility index (Phi) is 9.26. The number of oxime groups is 1. The largest absolute Gasteiger partial charge is 0.464 e. The number of ether oxygens (including phenoxy) is 2. The fraction of sp³-hybridized carbons (Fsp3) is 0.692. The topological polar surface area (TPSA) is 161 Å². The molecule has 1 fully saturated rings. The smallest absolute Gasteiger partial charge is 0.418 e. The molecular weight excluding hydrogens is 352 g/mol. The Morgan fingerprint density at radius 2 is 2.27 bits per heavy atom. The molecule has 0 amide bonds. The van der Waals surface area contributed by atoms with E-state index in [-0.39, 0.29) is 13.2 Å². The average molecular weight is 374 g/mol. The predicted molar refractivity (Wildman–Crippen MR) is 84.1 cm³/mol. The van der Waals surface area contributed by atoms with Crippen molar-refractivity contribution in [1.29, 1.82) is 5.26 Å². The number of morpholine rings is 1. The van der Waals surface area contributed by atoms with E-state index < -0.39 is 30.1 Å². The summed E-state index contributed by atoms with van der Waals surface area (Å²) in [6, 6.07) is 0.0474. The van der Waals surface area contributed by atoms with Gasteiger partial charge in [0.25, 0.3) is 0 Å². The van der Waals surface area contributed by atoms with Crippen LogP contribution in [0.2, 0.25) is 0 Å². The number of nitriles is 1. The number of nitrogens with two attached hydrogens (primary N) is 1. The number of hydroxylamine groups is 1. The van der Waals surface area contributed by atoms with E-state index in [4.69, 9.17) is 20.7 Å². The van der Waals surface area contributed by atoms with E-state index >= 15 is 0 Å². The summed E-state index contributed by atoms with van der Waals surface area (Å²) in [6.07, 6.45) is -0.615. The van der Waals surface area contributed by atoms with Gasteiger partial charge in [-0.25, -0.2) is 14.6 Å². The normalized spacial score (nSPS) is 19.4. The molecule has 146 valence electrons. The van der Waals surface area contributed by atoms with E-state index in [1.807, 2.05) is 5.48 Å². The summed E-state index contributed by atoms with van der Waals surface area (Å²) in [6.45, 7) is 2.89. The first-order valence-corrected chi connectivity index (χ1v) is 7.59. The van der Waals surface area contributed by atoms with Gasteiger partial charge in [0, 0.05) is 20.6 Å². The van der Waals surface area contributed by atoms with E-state index in [1.165, 1.54) is 0 Å². The monoisotopic (exact) mass is 374 g/mol. The lowest BCUT2D eigenvalue weighted by Gasteiger charge is -2.37. The Hall–Kier alpha value is -2.50. The number of hydrogen-bond acceptors (Lipinski definition) is 13. The molecule has 0 radical (unpaired) electrons. The van der Waals surface area contributed by atoms with Gasteiger partial charge in [-0.1, -0.05) is 0 Å². The maximum Gasteiger partial charge on any atom is 0.418 e. The molecule has 1 rings (SSSR count). The number of carbonyl (C=O) groups is 2. The third kappa shape index (κ3) is 6.43. The SMILES string of the molecule is CCOC(=O)C(C#N)NOC(=O)C(=NOC1COCCN1N(C)C)ON. The number of hydrogen-bond donors (Lipinski definition) is 2. The molecular formula is C13H22N6O7. The van der Waals surface area contributed by atoms with Crippen LogP contribution in [-0.2, 0) is 33.6 Å². The Morgan fingerprint density at radius 3 is 2.85 bits per heavy atom. The van der Waals surface area contributed by atoms with E-state index in [2.05, 4.69) is 19.6 Å². The highest BCUT2D eigenvalue weighted by atomic mass is 16.7. The highest BCUT2D eigenvalue weighted by Gasteiger charge is 2.28. The first kappa shape index (κ1) is 21.5. The Bertz CT molecular complexity index is 550. The van der Waals surface area contributed by atoms with Gasteiger partial charge in [0.15, 0.2) is 0 Å².